The summed E-state index contributed by atoms with van der Waals surface area (Å²) in [5.41, 5.74) is -0.239. The lowest BCUT2D eigenvalue weighted by Gasteiger charge is -2.34. The largest absolute Gasteiger partial charge is 0.481 e. The number of aromatic nitrogens is 2. The molecule has 0 amide bonds. The van der Waals surface area contributed by atoms with Crippen molar-refractivity contribution < 1.29 is 15.0 Å². The third-order valence-corrected chi connectivity index (χ3v) is 3.23. The Balaban J connectivity index is 2.30. The van der Waals surface area contributed by atoms with Crippen LogP contribution in [-0.2, 0) is 10.2 Å². The number of aromatic amines is 1. The van der Waals surface area contributed by atoms with Gasteiger partial charge >= 0.3 is 5.97 Å². The Hall–Kier alpha value is -1.36. The lowest BCUT2D eigenvalue weighted by Crippen LogP contribution is -2.41. The monoisotopic (exact) mass is 210 g/mol. The van der Waals surface area contributed by atoms with E-state index < -0.39 is 11.4 Å². The number of carboxylic acid groups (broad SMARTS) is 1. The predicted octanol–water partition coefficient (Wildman–Crippen LogP) is 0.667. The van der Waals surface area contributed by atoms with Crippen LogP contribution in [0, 0.1) is 0 Å². The number of carbonyl (C=O) groups is 1. The van der Waals surface area contributed by atoms with Crippen molar-refractivity contribution in [3.8, 4) is 0 Å². The first kappa shape index (κ1) is 10.2. The summed E-state index contributed by atoms with van der Waals surface area (Å²) in [5.74, 6) is -0.835. The number of aliphatic hydroxyl groups excluding tert-OH is 1. The molecule has 1 fully saturated rings. The maximum Gasteiger partial charge on any atom is 0.315 e. The van der Waals surface area contributed by atoms with Crippen molar-refractivity contribution in [3.63, 3.8) is 0 Å². The maximum absolute atomic E-state index is 11.4. The fourth-order valence-electron chi connectivity index (χ4n) is 2.21. The van der Waals surface area contributed by atoms with Gasteiger partial charge in [0, 0.05) is 6.20 Å². The molecule has 1 aliphatic rings. The molecule has 0 bridgehead atoms. The van der Waals surface area contributed by atoms with E-state index in [2.05, 4.69) is 9.97 Å². The van der Waals surface area contributed by atoms with Crippen LogP contribution in [-0.4, -0.2) is 32.3 Å². The van der Waals surface area contributed by atoms with Gasteiger partial charge in [-0.25, -0.2) is 4.98 Å². The first-order valence-electron chi connectivity index (χ1n) is 5.05. The number of rotatable bonds is 2. The van der Waals surface area contributed by atoms with Crippen molar-refractivity contribution in [2.45, 2.75) is 37.2 Å². The van der Waals surface area contributed by atoms with Gasteiger partial charge in [-0.1, -0.05) is 0 Å². The first-order valence-corrected chi connectivity index (χ1v) is 5.05. The van der Waals surface area contributed by atoms with Crippen molar-refractivity contribution in [2.24, 2.45) is 0 Å². The van der Waals surface area contributed by atoms with Gasteiger partial charge in [0.1, 0.15) is 5.41 Å². The van der Waals surface area contributed by atoms with Crippen molar-refractivity contribution >= 4 is 5.97 Å². The zero-order valence-corrected chi connectivity index (χ0v) is 8.31. The number of H-pyrrole nitrogens is 1. The SMILES string of the molecule is O=C(O)C1(c2cnc[nH]2)CCC(O)CC1. The predicted molar refractivity (Wildman–Crippen MR) is 52.4 cm³/mol. The molecule has 15 heavy (non-hydrogen) atoms. The quantitative estimate of drug-likeness (QED) is 0.669. The molecule has 0 radical (unpaired) electrons. The molecule has 1 saturated carbocycles. The van der Waals surface area contributed by atoms with Crippen LogP contribution in [0.3, 0.4) is 0 Å². The fourth-order valence-corrected chi connectivity index (χ4v) is 2.21. The van der Waals surface area contributed by atoms with Gasteiger partial charge in [-0.15, -0.1) is 0 Å². The molecule has 5 heteroatoms. The van der Waals surface area contributed by atoms with Crippen LogP contribution in [0.2, 0.25) is 0 Å². The van der Waals surface area contributed by atoms with Gasteiger partial charge in [-0.05, 0) is 25.7 Å². The molecule has 0 aromatic carbocycles. The van der Waals surface area contributed by atoms with E-state index in [0.717, 1.165) is 0 Å². The van der Waals surface area contributed by atoms with Crippen molar-refractivity contribution in [1.82, 2.24) is 9.97 Å². The van der Waals surface area contributed by atoms with E-state index in [-0.39, 0.29) is 6.10 Å². The average Bonchev–Trinajstić information content (AvgIpc) is 2.72. The number of aliphatic carboxylic acids is 1. The summed E-state index contributed by atoms with van der Waals surface area (Å²) < 4.78 is 0. The number of nitrogens with one attached hydrogen (secondary N) is 1. The summed E-state index contributed by atoms with van der Waals surface area (Å²) in [6, 6.07) is 0. The van der Waals surface area contributed by atoms with Gasteiger partial charge in [0.15, 0.2) is 0 Å². The van der Waals surface area contributed by atoms with Crippen LogP contribution in [0.1, 0.15) is 31.4 Å². The molecule has 3 N–H and O–H groups in total. The highest BCUT2D eigenvalue weighted by Crippen LogP contribution is 2.38. The zero-order chi connectivity index (χ0) is 10.9. The molecular formula is C10H14N2O3. The molecule has 0 unspecified atom stereocenters. The van der Waals surface area contributed by atoms with Crippen molar-refractivity contribution in [2.75, 3.05) is 0 Å². The van der Waals surface area contributed by atoms with E-state index in [9.17, 15) is 15.0 Å². The summed E-state index contributed by atoms with van der Waals surface area (Å²) in [6.07, 6.45) is 4.69. The van der Waals surface area contributed by atoms with Crippen LogP contribution in [0.25, 0.3) is 0 Å². The lowest BCUT2D eigenvalue weighted by atomic mass is 9.71. The summed E-state index contributed by atoms with van der Waals surface area (Å²) >= 11 is 0. The first-order chi connectivity index (χ1) is 7.15. The summed E-state index contributed by atoms with van der Waals surface area (Å²) in [7, 11) is 0. The lowest BCUT2D eigenvalue weighted by molar-refractivity contribution is -0.146. The minimum atomic E-state index is -0.879. The Bertz CT molecular complexity index is 340. The van der Waals surface area contributed by atoms with E-state index in [1.54, 1.807) is 6.20 Å². The Morgan fingerprint density at radius 1 is 1.53 bits per heavy atom. The van der Waals surface area contributed by atoms with E-state index in [0.29, 0.717) is 31.4 Å². The second-order valence-corrected chi connectivity index (χ2v) is 4.08. The number of imidazole rings is 1. The molecule has 1 aromatic heterocycles. The highest BCUT2D eigenvalue weighted by Gasteiger charge is 2.44. The van der Waals surface area contributed by atoms with Gasteiger partial charge in [0.05, 0.1) is 18.1 Å². The number of nitrogens with zero attached hydrogens (tertiary/aromatic N) is 1. The smallest absolute Gasteiger partial charge is 0.315 e. The normalized spacial score (nSPS) is 31.4. The third-order valence-electron chi connectivity index (χ3n) is 3.23. The van der Waals surface area contributed by atoms with Crippen LogP contribution >= 0.6 is 0 Å². The Morgan fingerprint density at radius 3 is 2.67 bits per heavy atom. The van der Waals surface area contributed by atoms with Gasteiger partial charge < -0.3 is 15.2 Å². The molecule has 0 atom stereocenters. The molecule has 1 heterocycles. The standard InChI is InChI=1S/C10H14N2O3/c13-7-1-3-10(4-2-7,9(14)15)8-5-11-6-12-8/h5-7,13H,1-4H2,(H,11,12)(H,14,15). The minimum absolute atomic E-state index is 0.361. The Kier molecular flexibility index (Phi) is 2.48. The van der Waals surface area contributed by atoms with Crippen molar-refractivity contribution in [3.05, 3.63) is 18.2 Å². The van der Waals surface area contributed by atoms with Crippen LogP contribution in [0.4, 0.5) is 0 Å². The molecule has 1 aliphatic carbocycles. The van der Waals surface area contributed by atoms with E-state index in [1.807, 2.05) is 0 Å². The Labute approximate surface area is 87.2 Å². The fraction of sp³-hybridized carbons (Fsp3) is 0.600. The van der Waals surface area contributed by atoms with Gasteiger partial charge in [0.2, 0.25) is 0 Å². The van der Waals surface area contributed by atoms with Gasteiger partial charge in [-0.3, -0.25) is 4.79 Å². The van der Waals surface area contributed by atoms with Gasteiger partial charge in [-0.2, -0.15) is 0 Å². The van der Waals surface area contributed by atoms with Crippen LogP contribution in [0.15, 0.2) is 12.5 Å². The number of aliphatic hydroxyl groups is 1. The minimum Gasteiger partial charge on any atom is -0.481 e. The average molecular weight is 210 g/mol. The number of carboxylic acids is 1. The van der Waals surface area contributed by atoms with E-state index in [4.69, 9.17) is 0 Å². The maximum atomic E-state index is 11.4. The highest BCUT2D eigenvalue weighted by molar-refractivity contribution is 5.80. The summed E-state index contributed by atoms with van der Waals surface area (Å²) in [6.45, 7) is 0. The topological polar surface area (TPSA) is 86.2 Å². The van der Waals surface area contributed by atoms with Crippen molar-refractivity contribution in [1.29, 1.82) is 0 Å². The van der Waals surface area contributed by atoms with E-state index in [1.165, 1.54) is 6.33 Å². The molecule has 82 valence electrons. The number of hydrogen-bond acceptors (Lipinski definition) is 3. The summed E-state index contributed by atoms with van der Waals surface area (Å²) in [5, 5.41) is 18.7. The number of hydrogen-bond donors (Lipinski definition) is 3. The second-order valence-electron chi connectivity index (χ2n) is 4.08. The molecule has 0 aliphatic heterocycles. The van der Waals surface area contributed by atoms with Gasteiger partial charge in [0.25, 0.3) is 0 Å². The highest BCUT2D eigenvalue weighted by atomic mass is 16.4. The molecule has 5 nitrogen and oxygen atoms in total. The van der Waals surface area contributed by atoms with Crippen LogP contribution < -0.4 is 0 Å². The molecule has 0 spiro atoms. The van der Waals surface area contributed by atoms with Crippen LogP contribution in [0.5, 0.6) is 0 Å². The zero-order valence-electron chi connectivity index (χ0n) is 8.31. The second kappa shape index (κ2) is 3.66. The third kappa shape index (κ3) is 1.63. The molecular weight excluding hydrogens is 196 g/mol. The van der Waals surface area contributed by atoms with E-state index >= 15 is 0 Å². The molecule has 1 aromatic rings. The molecule has 2 rings (SSSR count). The molecule has 0 saturated heterocycles. The Morgan fingerprint density at radius 2 is 2.20 bits per heavy atom. The summed E-state index contributed by atoms with van der Waals surface area (Å²) in [4.78, 5) is 18.1.